The van der Waals surface area contributed by atoms with E-state index in [-0.39, 0.29) is 11.5 Å². The Hall–Kier alpha value is -2.88. The molecule has 0 spiro atoms. The molecule has 3 rings (SSSR count). The van der Waals surface area contributed by atoms with E-state index < -0.39 is 0 Å². The standard InChI is InChI=1S/C17H13NO3/c1-20-15-6-2-5-13-10-16(21-17(13)15)14(19)8-7-12-4-3-9-18-11-12/h2-11H,1H3/b8-7+. The van der Waals surface area contributed by atoms with Crippen molar-refractivity contribution in [3.8, 4) is 5.75 Å². The van der Waals surface area contributed by atoms with Gasteiger partial charge < -0.3 is 9.15 Å². The zero-order valence-corrected chi connectivity index (χ0v) is 11.4. The van der Waals surface area contributed by atoms with Crippen LogP contribution in [0.25, 0.3) is 17.0 Å². The molecular formula is C17H13NO3. The Morgan fingerprint density at radius 1 is 1.29 bits per heavy atom. The second-order valence-corrected chi connectivity index (χ2v) is 4.47. The molecule has 4 heteroatoms. The van der Waals surface area contributed by atoms with E-state index in [0.717, 1.165) is 10.9 Å². The van der Waals surface area contributed by atoms with Gasteiger partial charge in [0.2, 0.25) is 5.78 Å². The van der Waals surface area contributed by atoms with Crippen molar-refractivity contribution in [2.24, 2.45) is 0 Å². The van der Waals surface area contributed by atoms with Crippen LogP contribution in [0.3, 0.4) is 0 Å². The van der Waals surface area contributed by atoms with Crippen molar-refractivity contribution >= 4 is 22.8 Å². The summed E-state index contributed by atoms with van der Waals surface area (Å²) in [4.78, 5) is 16.1. The Kier molecular flexibility index (Phi) is 3.51. The lowest BCUT2D eigenvalue weighted by Gasteiger charge is -1.98. The number of ketones is 1. The van der Waals surface area contributed by atoms with Crippen molar-refractivity contribution in [2.75, 3.05) is 7.11 Å². The van der Waals surface area contributed by atoms with Gasteiger partial charge in [-0.15, -0.1) is 0 Å². The number of pyridine rings is 1. The average Bonchev–Trinajstić information content (AvgIpc) is 2.97. The van der Waals surface area contributed by atoms with Gasteiger partial charge >= 0.3 is 0 Å². The number of fused-ring (bicyclic) bond motifs is 1. The molecule has 0 aliphatic heterocycles. The number of nitrogens with zero attached hydrogens (tertiary/aromatic N) is 1. The number of carbonyl (C=O) groups excluding carboxylic acids is 1. The molecule has 0 unspecified atom stereocenters. The van der Waals surface area contributed by atoms with Crippen molar-refractivity contribution < 1.29 is 13.9 Å². The molecule has 104 valence electrons. The van der Waals surface area contributed by atoms with Crippen LogP contribution in [0.4, 0.5) is 0 Å². The van der Waals surface area contributed by atoms with Crippen LogP contribution in [0.1, 0.15) is 16.1 Å². The molecule has 0 bridgehead atoms. The topological polar surface area (TPSA) is 52.3 Å². The Morgan fingerprint density at radius 3 is 2.95 bits per heavy atom. The van der Waals surface area contributed by atoms with Crippen LogP contribution >= 0.6 is 0 Å². The monoisotopic (exact) mass is 279 g/mol. The molecule has 21 heavy (non-hydrogen) atoms. The van der Waals surface area contributed by atoms with Crippen LogP contribution in [0.2, 0.25) is 0 Å². The van der Waals surface area contributed by atoms with Gasteiger partial charge in [-0.1, -0.05) is 18.2 Å². The van der Waals surface area contributed by atoms with Crippen molar-refractivity contribution in [1.29, 1.82) is 0 Å². The van der Waals surface area contributed by atoms with E-state index in [2.05, 4.69) is 4.98 Å². The Labute approximate surface area is 121 Å². The van der Waals surface area contributed by atoms with Crippen molar-refractivity contribution in [2.45, 2.75) is 0 Å². The predicted molar refractivity (Wildman–Crippen MR) is 80.4 cm³/mol. The van der Waals surface area contributed by atoms with E-state index in [1.54, 1.807) is 37.7 Å². The third-order valence-electron chi connectivity index (χ3n) is 3.08. The summed E-state index contributed by atoms with van der Waals surface area (Å²) in [5.41, 5.74) is 1.44. The van der Waals surface area contributed by atoms with Crippen LogP contribution in [0, 0.1) is 0 Å². The third kappa shape index (κ3) is 2.69. The van der Waals surface area contributed by atoms with Crippen molar-refractivity contribution in [1.82, 2.24) is 4.98 Å². The number of carbonyl (C=O) groups is 1. The molecule has 0 saturated heterocycles. The number of para-hydroxylation sites is 1. The zero-order chi connectivity index (χ0) is 14.7. The van der Waals surface area contributed by atoms with Gasteiger partial charge in [0.15, 0.2) is 17.1 Å². The van der Waals surface area contributed by atoms with E-state index in [1.165, 1.54) is 6.08 Å². The van der Waals surface area contributed by atoms with E-state index in [4.69, 9.17) is 9.15 Å². The summed E-state index contributed by atoms with van der Waals surface area (Å²) in [6.45, 7) is 0. The summed E-state index contributed by atoms with van der Waals surface area (Å²) >= 11 is 0. The van der Waals surface area contributed by atoms with Crippen LogP contribution in [0.5, 0.6) is 5.75 Å². The van der Waals surface area contributed by atoms with Crippen LogP contribution in [-0.2, 0) is 0 Å². The summed E-state index contributed by atoms with van der Waals surface area (Å²) < 4.78 is 10.8. The molecule has 2 heterocycles. The highest BCUT2D eigenvalue weighted by atomic mass is 16.5. The van der Waals surface area contributed by atoms with Crippen LogP contribution in [0.15, 0.2) is 59.3 Å². The summed E-state index contributed by atoms with van der Waals surface area (Å²) in [7, 11) is 1.57. The first kappa shape index (κ1) is 13.1. The van der Waals surface area contributed by atoms with E-state index in [0.29, 0.717) is 11.3 Å². The highest BCUT2D eigenvalue weighted by Gasteiger charge is 2.12. The third-order valence-corrected chi connectivity index (χ3v) is 3.08. The molecule has 0 fully saturated rings. The number of methoxy groups -OCH3 is 1. The Bertz CT molecular complexity index is 803. The summed E-state index contributed by atoms with van der Waals surface area (Å²) in [5, 5.41) is 0.840. The van der Waals surface area contributed by atoms with Gasteiger partial charge in [-0.2, -0.15) is 0 Å². The van der Waals surface area contributed by atoms with Crippen molar-refractivity contribution in [3.63, 3.8) is 0 Å². The number of allylic oxidation sites excluding steroid dienone is 1. The predicted octanol–water partition coefficient (Wildman–Crippen LogP) is 3.73. The SMILES string of the molecule is COc1cccc2cc(C(=O)/C=C/c3cccnc3)oc12. The first-order chi connectivity index (χ1) is 10.3. The molecule has 0 aliphatic rings. The maximum absolute atomic E-state index is 12.1. The smallest absolute Gasteiger partial charge is 0.221 e. The first-order valence-corrected chi connectivity index (χ1v) is 6.47. The van der Waals surface area contributed by atoms with E-state index in [9.17, 15) is 4.79 Å². The fourth-order valence-corrected chi connectivity index (χ4v) is 2.05. The summed E-state index contributed by atoms with van der Waals surface area (Å²) in [6.07, 6.45) is 6.55. The van der Waals surface area contributed by atoms with Gasteiger partial charge in [-0.05, 0) is 35.9 Å². The van der Waals surface area contributed by atoms with Gasteiger partial charge in [0.1, 0.15) is 0 Å². The normalized spacial score (nSPS) is 11.1. The van der Waals surface area contributed by atoms with Gasteiger partial charge in [-0.25, -0.2) is 0 Å². The molecule has 4 nitrogen and oxygen atoms in total. The lowest BCUT2D eigenvalue weighted by molar-refractivity contribution is 0.102. The van der Waals surface area contributed by atoms with Gasteiger partial charge in [0.25, 0.3) is 0 Å². The van der Waals surface area contributed by atoms with E-state index in [1.807, 2.05) is 24.3 Å². The molecule has 0 saturated carbocycles. The number of furan rings is 1. The van der Waals surface area contributed by atoms with Gasteiger partial charge in [0, 0.05) is 17.8 Å². The lowest BCUT2D eigenvalue weighted by atomic mass is 10.2. The first-order valence-electron chi connectivity index (χ1n) is 6.47. The molecule has 0 N–H and O–H groups in total. The summed E-state index contributed by atoms with van der Waals surface area (Å²) in [6, 6.07) is 10.9. The van der Waals surface area contributed by atoms with Gasteiger partial charge in [-0.3, -0.25) is 9.78 Å². The molecule has 3 aromatic rings. The summed E-state index contributed by atoms with van der Waals surface area (Å²) in [5.74, 6) is 0.703. The number of rotatable bonds is 4. The maximum Gasteiger partial charge on any atom is 0.221 e. The van der Waals surface area contributed by atoms with E-state index >= 15 is 0 Å². The van der Waals surface area contributed by atoms with Crippen LogP contribution < -0.4 is 4.74 Å². The molecular weight excluding hydrogens is 266 g/mol. The van der Waals surface area contributed by atoms with Crippen LogP contribution in [-0.4, -0.2) is 17.9 Å². The minimum absolute atomic E-state index is 0.197. The maximum atomic E-state index is 12.1. The number of hydrogen-bond acceptors (Lipinski definition) is 4. The zero-order valence-electron chi connectivity index (χ0n) is 11.4. The fraction of sp³-hybridized carbons (Fsp3) is 0.0588. The largest absolute Gasteiger partial charge is 0.493 e. The molecule has 0 aliphatic carbocycles. The number of ether oxygens (including phenoxy) is 1. The molecule has 0 atom stereocenters. The second kappa shape index (κ2) is 5.63. The Morgan fingerprint density at radius 2 is 2.19 bits per heavy atom. The van der Waals surface area contributed by atoms with Gasteiger partial charge in [0.05, 0.1) is 7.11 Å². The number of hydrogen-bond donors (Lipinski definition) is 0. The lowest BCUT2D eigenvalue weighted by Crippen LogP contribution is -1.90. The second-order valence-electron chi connectivity index (χ2n) is 4.47. The quantitative estimate of drug-likeness (QED) is 0.539. The van der Waals surface area contributed by atoms with Crippen molar-refractivity contribution in [3.05, 3.63) is 66.2 Å². The fourth-order valence-electron chi connectivity index (χ4n) is 2.05. The number of aromatic nitrogens is 1. The molecule has 1 aromatic carbocycles. The Balaban J connectivity index is 1.90. The molecule has 0 amide bonds. The number of benzene rings is 1. The average molecular weight is 279 g/mol. The highest BCUT2D eigenvalue weighted by molar-refractivity contribution is 6.07. The highest BCUT2D eigenvalue weighted by Crippen LogP contribution is 2.28. The minimum Gasteiger partial charge on any atom is -0.493 e. The minimum atomic E-state index is -0.197. The molecule has 0 radical (unpaired) electrons. The molecule has 2 aromatic heterocycles.